The minimum Gasteiger partial charge on any atom is -0.443 e. The van der Waals surface area contributed by atoms with Gasteiger partial charge >= 0.3 is 5.97 Å². The van der Waals surface area contributed by atoms with Crippen LogP contribution in [0.5, 0.6) is 0 Å². The van der Waals surface area contributed by atoms with E-state index in [0.29, 0.717) is 5.56 Å². The number of fused-ring (bicyclic) bond motifs is 1. The van der Waals surface area contributed by atoms with Crippen LogP contribution in [0.3, 0.4) is 0 Å². The molecule has 0 aromatic heterocycles. The summed E-state index contributed by atoms with van der Waals surface area (Å²) in [6, 6.07) is 7.59. The summed E-state index contributed by atoms with van der Waals surface area (Å²) < 4.78 is 5.42. The van der Waals surface area contributed by atoms with Gasteiger partial charge in [0.25, 0.3) is 0 Å². The topological polar surface area (TPSA) is 26.3 Å². The SMILES string of the molecule is CC(C)(C)SC1OC(=O)c2ccccc21. The first-order valence-corrected chi connectivity index (χ1v) is 5.83. The quantitative estimate of drug-likeness (QED) is 0.681. The predicted molar refractivity (Wildman–Crippen MR) is 61.9 cm³/mol. The summed E-state index contributed by atoms with van der Waals surface area (Å²) in [5.41, 5.74) is 1.57. The summed E-state index contributed by atoms with van der Waals surface area (Å²) >= 11 is 1.67. The van der Waals surface area contributed by atoms with Gasteiger partial charge in [0.2, 0.25) is 0 Å². The second-order valence-corrected chi connectivity index (χ2v) is 6.44. The van der Waals surface area contributed by atoms with Crippen LogP contribution in [0.2, 0.25) is 0 Å². The maximum absolute atomic E-state index is 11.5. The van der Waals surface area contributed by atoms with Gasteiger partial charge in [0.1, 0.15) is 0 Å². The molecular weight excluding hydrogens is 208 g/mol. The Bertz CT molecular complexity index is 393. The van der Waals surface area contributed by atoms with Crippen LogP contribution in [0, 0.1) is 0 Å². The number of ether oxygens (including phenoxy) is 1. The summed E-state index contributed by atoms with van der Waals surface area (Å²) in [7, 11) is 0. The zero-order valence-electron chi connectivity index (χ0n) is 9.11. The molecule has 0 amide bonds. The van der Waals surface area contributed by atoms with Crippen LogP contribution in [-0.4, -0.2) is 10.7 Å². The molecule has 0 aliphatic carbocycles. The second kappa shape index (κ2) is 3.56. The fourth-order valence-corrected chi connectivity index (χ4v) is 2.63. The molecule has 1 unspecified atom stereocenters. The first-order valence-electron chi connectivity index (χ1n) is 4.95. The Morgan fingerprint density at radius 2 is 1.93 bits per heavy atom. The number of esters is 1. The van der Waals surface area contributed by atoms with E-state index in [1.54, 1.807) is 11.8 Å². The molecule has 0 saturated heterocycles. The van der Waals surface area contributed by atoms with Crippen LogP contribution in [0.25, 0.3) is 0 Å². The first kappa shape index (κ1) is 10.6. The van der Waals surface area contributed by atoms with Gasteiger partial charge in [-0.1, -0.05) is 39.0 Å². The minimum absolute atomic E-state index is 0.0857. The second-order valence-electron chi connectivity index (χ2n) is 4.55. The lowest BCUT2D eigenvalue weighted by Crippen LogP contribution is -2.11. The third kappa shape index (κ3) is 2.17. The molecule has 0 spiro atoms. The number of rotatable bonds is 1. The maximum atomic E-state index is 11.5. The van der Waals surface area contributed by atoms with Crippen molar-refractivity contribution in [3.8, 4) is 0 Å². The van der Waals surface area contributed by atoms with Crippen LogP contribution in [0.15, 0.2) is 24.3 Å². The predicted octanol–water partition coefficient (Wildman–Crippen LogP) is 3.39. The van der Waals surface area contributed by atoms with Crippen molar-refractivity contribution in [2.24, 2.45) is 0 Å². The molecular formula is C12H14O2S. The van der Waals surface area contributed by atoms with Crippen LogP contribution >= 0.6 is 11.8 Å². The van der Waals surface area contributed by atoms with Crippen molar-refractivity contribution in [1.82, 2.24) is 0 Å². The van der Waals surface area contributed by atoms with Crippen molar-refractivity contribution in [3.63, 3.8) is 0 Å². The highest BCUT2D eigenvalue weighted by Crippen LogP contribution is 2.44. The van der Waals surface area contributed by atoms with E-state index in [1.165, 1.54) is 0 Å². The fourth-order valence-electron chi connectivity index (χ4n) is 1.52. The van der Waals surface area contributed by atoms with Crippen molar-refractivity contribution in [2.75, 3.05) is 0 Å². The molecule has 0 bridgehead atoms. The van der Waals surface area contributed by atoms with Crippen LogP contribution in [0.1, 0.15) is 42.1 Å². The number of carbonyl (C=O) groups is 1. The highest BCUT2D eigenvalue weighted by atomic mass is 32.2. The molecule has 1 aromatic rings. The van der Waals surface area contributed by atoms with E-state index in [0.717, 1.165) is 5.56 Å². The Morgan fingerprint density at radius 1 is 1.27 bits per heavy atom. The van der Waals surface area contributed by atoms with E-state index in [1.807, 2.05) is 24.3 Å². The molecule has 0 saturated carbocycles. The van der Waals surface area contributed by atoms with Crippen molar-refractivity contribution < 1.29 is 9.53 Å². The molecule has 1 aliphatic heterocycles. The van der Waals surface area contributed by atoms with E-state index in [4.69, 9.17) is 4.74 Å². The average molecular weight is 222 g/mol. The highest BCUT2D eigenvalue weighted by molar-refractivity contribution is 8.00. The molecule has 2 nitrogen and oxygen atoms in total. The molecule has 2 rings (SSSR count). The number of thioether (sulfide) groups is 1. The van der Waals surface area contributed by atoms with Crippen molar-refractivity contribution in [3.05, 3.63) is 35.4 Å². The van der Waals surface area contributed by atoms with Crippen molar-refractivity contribution in [2.45, 2.75) is 31.0 Å². The Labute approximate surface area is 94.0 Å². The molecule has 0 N–H and O–H groups in total. The zero-order chi connectivity index (χ0) is 11.1. The molecule has 1 atom stereocenters. The van der Waals surface area contributed by atoms with Gasteiger partial charge in [-0.25, -0.2) is 4.79 Å². The van der Waals surface area contributed by atoms with E-state index < -0.39 is 0 Å². The smallest absolute Gasteiger partial charge is 0.340 e. The third-order valence-corrected chi connectivity index (χ3v) is 3.38. The molecule has 0 radical (unpaired) electrons. The molecule has 80 valence electrons. The standard InChI is InChI=1S/C12H14O2S/c1-12(2,3)15-11-9-7-5-4-6-8(9)10(13)14-11/h4-7,11H,1-3H3. The van der Waals surface area contributed by atoms with E-state index >= 15 is 0 Å². The number of hydrogen-bond donors (Lipinski definition) is 0. The average Bonchev–Trinajstić information content (AvgIpc) is 2.42. The van der Waals surface area contributed by atoms with Gasteiger partial charge in [0.15, 0.2) is 5.44 Å². The van der Waals surface area contributed by atoms with Gasteiger partial charge in [0, 0.05) is 10.3 Å². The summed E-state index contributed by atoms with van der Waals surface area (Å²) in [6.07, 6.45) is 0. The summed E-state index contributed by atoms with van der Waals surface area (Å²) in [6.45, 7) is 6.35. The van der Waals surface area contributed by atoms with Crippen molar-refractivity contribution >= 4 is 17.7 Å². The van der Waals surface area contributed by atoms with Crippen LogP contribution in [0.4, 0.5) is 0 Å². The summed E-state index contributed by atoms with van der Waals surface area (Å²) in [4.78, 5) is 11.5. The normalized spacial score (nSPS) is 19.9. The Hall–Kier alpha value is -0.960. The Balaban J connectivity index is 2.29. The van der Waals surface area contributed by atoms with Gasteiger partial charge < -0.3 is 4.74 Å². The van der Waals surface area contributed by atoms with Crippen LogP contribution in [-0.2, 0) is 4.74 Å². The lowest BCUT2D eigenvalue weighted by Gasteiger charge is -2.21. The maximum Gasteiger partial charge on any atom is 0.340 e. The molecule has 1 heterocycles. The van der Waals surface area contributed by atoms with Gasteiger partial charge in [-0.3, -0.25) is 0 Å². The summed E-state index contributed by atoms with van der Waals surface area (Å²) in [5, 5.41) is 0. The fraction of sp³-hybridized carbons (Fsp3) is 0.417. The summed E-state index contributed by atoms with van der Waals surface area (Å²) in [5.74, 6) is -0.202. The highest BCUT2D eigenvalue weighted by Gasteiger charge is 2.33. The van der Waals surface area contributed by atoms with Crippen molar-refractivity contribution in [1.29, 1.82) is 0 Å². The molecule has 1 aliphatic rings. The molecule has 15 heavy (non-hydrogen) atoms. The monoisotopic (exact) mass is 222 g/mol. The van der Waals surface area contributed by atoms with E-state index in [2.05, 4.69) is 20.8 Å². The Morgan fingerprint density at radius 3 is 2.60 bits per heavy atom. The van der Waals surface area contributed by atoms with E-state index in [9.17, 15) is 4.79 Å². The lowest BCUT2D eigenvalue weighted by molar-refractivity contribution is 0.0521. The van der Waals surface area contributed by atoms with Gasteiger partial charge in [-0.2, -0.15) is 0 Å². The van der Waals surface area contributed by atoms with Crippen LogP contribution < -0.4 is 0 Å². The molecule has 3 heteroatoms. The van der Waals surface area contributed by atoms with E-state index in [-0.39, 0.29) is 16.2 Å². The van der Waals surface area contributed by atoms with Gasteiger partial charge in [-0.15, -0.1) is 11.8 Å². The number of carbonyl (C=O) groups excluding carboxylic acids is 1. The number of benzene rings is 1. The largest absolute Gasteiger partial charge is 0.443 e. The number of cyclic esters (lactones) is 1. The first-order chi connectivity index (χ1) is 6.97. The molecule has 1 aromatic carbocycles. The molecule has 0 fully saturated rings. The van der Waals surface area contributed by atoms with Gasteiger partial charge in [0.05, 0.1) is 5.56 Å². The lowest BCUT2D eigenvalue weighted by atomic mass is 10.1. The third-order valence-electron chi connectivity index (χ3n) is 2.11. The Kier molecular flexibility index (Phi) is 2.51. The zero-order valence-corrected chi connectivity index (χ0v) is 9.93. The van der Waals surface area contributed by atoms with Gasteiger partial charge in [-0.05, 0) is 6.07 Å². The number of hydrogen-bond acceptors (Lipinski definition) is 3. The minimum atomic E-state index is -0.202.